The third-order valence-corrected chi connectivity index (χ3v) is 5.37. The number of hydrogen-bond donors (Lipinski definition) is 5. The zero-order chi connectivity index (χ0) is 23.3. The fraction of sp³-hybridized carbons (Fsp3) is 0.200. The first kappa shape index (κ1) is 24.4. The van der Waals surface area contributed by atoms with E-state index >= 15 is 0 Å². The summed E-state index contributed by atoms with van der Waals surface area (Å²) < 4.78 is 0. The molecule has 0 spiro atoms. The molecule has 0 aliphatic carbocycles. The van der Waals surface area contributed by atoms with Gasteiger partial charge >= 0.3 is 0 Å². The van der Waals surface area contributed by atoms with E-state index in [-0.39, 0.29) is 0 Å². The van der Waals surface area contributed by atoms with E-state index in [4.69, 9.17) is 24.4 Å². The molecule has 0 aliphatic heterocycles. The fourth-order valence-electron chi connectivity index (χ4n) is 3.20. The van der Waals surface area contributed by atoms with Crippen LogP contribution in [-0.4, -0.2) is 46.4 Å². The number of thiocarbonyl (C=S) groups is 2. The molecule has 0 fully saturated rings. The smallest absolute Gasteiger partial charge is 0.170 e. The van der Waals surface area contributed by atoms with Gasteiger partial charge in [0.05, 0.1) is 0 Å². The number of rotatable bonds is 10. The summed E-state index contributed by atoms with van der Waals surface area (Å²) in [6.45, 7) is 3.43. The van der Waals surface area contributed by atoms with Gasteiger partial charge in [0.15, 0.2) is 10.2 Å². The van der Waals surface area contributed by atoms with Gasteiger partial charge in [-0.3, -0.25) is 4.90 Å². The number of phenolic OH excluding ortho intramolecular Hbond substituents is 1. The molecular formula is C25H29N5OS2. The third-order valence-electron chi connectivity index (χ3n) is 4.88. The van der Waals surface area contributed by atoms with E-state index in [1.807, 2.05) is 78.9 Å². The van der Waals surface area contributed by atoms with Gasteiger partial charge in [-0.25, -0.2) is 0 Å². The number of anilines is 2. The molecule has 0 aromatic heterocycles. The van der Waals surface area contributed by atoms with E-state index in [1.54, 1.807) is 6.07 Å². The van der Waals surface area contributed by atoms with Crippen LogP contribution in [0.3, 0.4) is 0 Å². The van der Waals surface area contributed by atoms with Gasteiger partial charge in [0.2, 0.25) is 0 Å². The number of hydrogen-bond acceptors (Lipinski definition) is 4. The average Bonchev–Trinajstić information content (AvgIpc) is 2.81. The molecule has 0 heterocycles. The number of para-hydroxylation sites is 3. The predicted molar refractivity (Wildman–Crippen MR) is 145 cm³/mol. The van der Waals surface area contributed by atoms with Crippen molar-refractivity contribution in [1.29, 1.82) is 0 Å². The minimum atomic E-state index is 0.297. The van der Waals surface area contributed by atoms with Crippen LogP contribution in [0.2, 0.25) is 0 Å². The molecule has 172 valence electrons. The lowest BCUT2D eigenvalue weighted by molar-refractivity contribution is 0.270. The van der Waals surface area contributed by atoms with Crippen LogP contribution < -0.4 is 21.3 Å². The van der Waals surface area contributed by atoms with Crippen molar-refractivity contribution in [3.63, 3.8) is 0 Å². The van der Waals surface area contributed by atoms with Gasteiger partial charge in [-0.2, -0.15) is 0 Å². The minimum Gasteiger partial charge on any atom is -0.508 e. The van der Waals surface area contributed by atoms with E-state index < -0.39 is 0 Å². The van der Waals surface area contributed by atoms with Crippen LogP contribution >= 0.6 is 24.4 Å². The van der Waals surface area contributed by atoms with Gasteiger partial charge in [-0.05, 0) is 54.8 Å². The van der Waals surface area contributed by atoms with E-state index in [0.717, 1.165) is 30.0 Å². The van der Waals surface area contributed by atoms with Crippen molar-refractivity contribution in [3.8, 4) is 5.75 Å². The molecule has 3 aromatic carbocycles. The Labute approximate surface area is 206 Å². The summed E-state index contributed by atoms with van der Waals surface area (Å²) in [6, 6.07) is 27.1. The third kappa shape index (κ3) is 9.05. The van der Waals surface area contributed by atoms with Crippen molar-refractivity contribution >= 4 is 46.0 Å². The lowest BCUT2D eigenvalue weighted by Crippen LogP contribution is -2.40. The Kier molecular flexibility index (Phi) is 9.90. The van der Waals surface area contributed by atoms with E-state index in [9.17, 15) is 5.11 Å². The highest BCUT2D eigenvalue weighted by Gasteiger charge is 2.10. The van der Waals surface area contributed by atoms with Crippen LogP contribution in [0, 0.1) is 0 Å². The average molecular weight is 480 g/mol. The molecular weight excluding hydrogens is 450 g/mol. The first-order valence-electron chi connectivity index (χ1n) is 10.8. The van der Waals surface area contributed by atoms with Crippen LogP contribution in [0.1, 0.15) is 5.56 Å². The van der Waals surface area contributed by atoms with E-state index in [1.165, 1.54) is 0 Å². The summed E-state index contributed by atoms with van der Waals surface area (Å²) in [5, 5.41) is 24.2. The van der Waals surface area contributed by atoms with Crippen LogP contribution in [0.25, 0.3) is 0 Å². The van der Waals surface area contributed by atoms with Crippen molar-refractivity contribution in [2.75, 3.05) is 36.8 Å². The molecule has 0 bridgehead atoms. The Morgan fingerprint density at radius 3 is 1.61 bits per heavy atom. The predicted octanol–water partition coefficient (Wildman–Crippen LogP) is 4.17. The highest BCUT2D eigenvalue weighted by Crippen LogP contribution is 2.17. The van der Waals surface area contributed by atoms with Gasteiger partial charge < -0.3 is 26.4 Å². The Bertz CT molecular complexity index is 958. The second-order valence-corrected chi connectivity index (χ2v) is 8.22. The fourth-order valence-corrected chi connectivity index (χ4v) is 3.64. The Morgan fingerprint density at radius 2 is 1.12 bits per heavy atom. The summed E-state index contributed by atoms with van der Waals surface area (Å²) in [4.78, 5) is 2.24. The highest BCUT2D eigenvalue weighted by atomic mass is 32.1. The molecule has 5 N–H and O–H groups in total. The zero-order valence-electron chi connectivity index (χ0n) is 18.3. The Balaban J connectivity index is 1.48. The van der Waals surface area contributed by atoms with Gasteiger partial charge in [0, 0.05) is 49.7 Å². The van der Waals surface area contributed by atoms with Crippen LogP contribution in [-0.2, 0) is 6.54 Å². The van der Waals surface area contributed by atoms with Gasteiger partial charge in [-0.15, -0.1) is 0 Å². The lowest BCUT2D eigenvalue weighted by Gasteiger charge is -2.24. The molecule has 3 rings (SSSR count). The highest BCUT2D eigenvalue weighted by molar-refractivity contribution is 7.80. The summed E-state index contributed by atoms with van der Waals surface area (Å²) >= 11 is 10.8. The molecule has 0 radical (unpaired) electrons. The number of nitrogens with one attached hydrogen (secondary N) is 4. The number of phenols is 1. The van der Waals surface area contributed by atoms with Crippen molar-refractivity contribution in [1.82, 2.24) is 15.5 Å². The molecule has 0 aliphatic rings. The maximum absolute atomic E-state index is 10.2. The molecule has 0 saturated carbocycles. The molecule has 0 amide bonds. The maximum atomic E-state index is 10.2. The molecule has 0 atom stereocenters. The first-order valence-corrected chi connectivity index (χ1v) is 11.6. The topological polar surface area (TPSA) is 71.6 Å². The number of aromatic hydroxyl groups is 1. The zero-order valence-corrected chi connectivity index (χ0v) is 20.0. The summed E-state index contributed by atoms with van der Waals surface area (Å²) in [6.07, 6.45) is 0. The largest absolute Gasteiger partial charge is 0.508 e. The Hall–Kier alpha value is -3.20. The van der Waals surface area contributed by atoms with Crippen LogP contribution in [0.5, 0.6) is 5.75 Å². The Morgan fingerprint density at radius 1 is 0.667 bits per heavy atom. The standard InChI is InChI=1S/C25H29N5OS2/c31-23-14-8-7-9-20(23)19-30(17-15-26-24(32)28-21-10-3-1-4-11-21)18-16-27-25(33)29-22-12-5-2-6-13-22/h1-14,31H,15-19H2,(H2,26,28,32)(H2,27,29,33). The van der Waals surface area contributed by atoms with Crippen molar-refractivity contribution < 1.29 is 5.11 Å². The number of benzene rings is 3. The van der Waals surface area contributed by atoms with Gasteiger partial charge in [0.25, 0.3) is 0 Å². The molecule has 3 aromatic rings. The van der Waals surface area contributed by atoms with Crippen LogP contribution in [0.15, 0.2) is 84.9 Å². The van der Waals surface area contributed by atoms with Gasteiger partial charge in [0.1, 0.15) is 5.75 Å². The van der Waals surface area contributed by atoms with E-state index in [0.29, 0.717) is 35.6 Å². The summed E-state index contributed by atoms with van der Waals surface area (Å²) in [5.74, 6) is 0.297. The van der Waals surface area contributed by atoms with Crippen LogP contribution in [0.4, 0.5) is 11.4 Å². The first-order chi connectivity index (χ1) is 16.1. The van der Waals surface area contributed by atoms with Crippen molar-refractivity contribution in [2.24, 2.45) is 0 Å². The molecule has 33 heavy (non-hydrogen) atoms. The second-order valence-electron chi connectivity index (χ2n) is 7.40. The summed E-state index contributed by atoms with van der Waals surface area (Å²) in [5.41, 5.74) is 2.78. The summed E-state index contributed by atoms with van der Waals surface area (Å²) in [7, 11) is 0. The quantitative estimate of drug-likeness (QED) is 0.278. The van der Waals surface area contributed by atoms with E-state index in [2.05, 4.69) is 26.2 Å². The molecule has 6 nitrogen and oxygen atoms in total. The van der Waals surface area contributed by atoms with Gasteiger partial charge in [-0.1, -0.05) is 54.6 Å². The van der Waals surface area contributed by atoms with Crippen molar-refractivity contribution in [2.45, 2.75) is 6.54 Å². The normalized spacial score (nSPS) is 10.5. The second kappa shape index (κ2) is 13.4. The lowest BCUT2D eigenvalue weighted by atomic mass is 10.2. The molecule has 0 unspecified atom stereocenters. The monoisotopic (exact) mass is 479 g/mol. The molecule has 8 heteroatoms. The van der Waals surface area contributed by atoms with Crippen molar-refractivity contribution in [3.05, 3.63) is 90.5 Å². The number of nitrogens with zero attached hydrogens (tertiary/aromatic N) is 1. The SMILES string of the molecule is Oc1ccccc1CN(CCNC(=S)Nc1ccccc1)CCNC(=S)Nc1ccccc1. The molecule has 0 saturated heterocycles. The minimum absolute atomic E-state index is 0.297. The maximum Gasteiger partial charge on any atom is 0.170 e.